The molecule has 0 saturated carbocycles. The van der Waals surface area contributed by atoms with Crippen molar-refractivity contribution in [3.05, 3.63) is 171 Å². The summed E-state index contributed by atoms with van der Waals surface area (Å²) in [6.45, 7) is -0.447. The Bertz CT molecular complexity index is 4100. The number of rotatable bonds is 3. The third kappa shape index (κ3) is 4.18. The highest BCUT2D eigenvalue weighted by molar-refractivity contribution is 8.00. The predicted octanol–water partition coefficient (Wildman–Crippen LogP) is 7.58. The summed E-state index contributed by atoms with van der Waals surface area (Å²) in [4.78, 5) is 32.8. The standard InChI is InChI=1S/C44H27BN2O2S/c1-26-20-30(27-12-4-2-5-13-27)41(31(21-26)28-14-6-3-7-15-28)45-35-17-9-11-19-39(35)50-40-23-38-32(22-36(40)45)44(49)34-25-46-24-33-42(34)47(38)37-18-10-8-16-29(37)43(33)48/h2-25H,1H3/i2D,3D,4D,5D,6D,7D,8D,9D,10D,11D,12D,13D,14D,15D,16D,17D,18D,19D,22D,23D,24D,25D. The molecule has 10 rings (SSSR count). The van der Waals surface area contributed by atoms with Gasteiger partial charge in [-0.3, -0.25) is 14.6 Å². The quantitative estimate of drug-likeness (QED) is 0.110. The van der Waals surface area contributed by atoms with E-state index in [1.165, 1.54) is 19.1 Å². The molecule has 0 aliphatic carbocycles. The number of hydrogen-bond donors (Lipinski definition) is 0. The van der Waals surface area contributed by atoms with Crippen molar-refractivity contribution in [1.29, 1.82) is 0 Å². The van der Waals surface area contributed by atoms with Crippen LogP contribution in [-0.4, -0.2) is 16.1 Å². The van der Waals surface area contributed by atoms with Crippen molar-refractivity contribution in [2.75, 3.05) is 0 Å². The number of hydrogen-bond acceptors (Lipinski definition) is 4. The summed E-state index contributed by atoms with van der Waals surface area (Å²) in [6, 6.07) is -13.6. The highest BCUT2D eigenvalue weighted by Gasteiger charge is 2.36. The largest absolute Gasteiger partial charge is 0.307 e. The lowest BCUT2D eigenvalue weighted by molar-refractivity contribution is 1.27. The van der Waals surface area contributed by atoms with E-state index in [1.54, 1.807) is 0 Å². The van der Waals surface area contributed by atoms with E-state index in [-0.39, 0.29) is 37.4 Å². The van der Waals surface area contributed by atoms with Gasteiger partial charge in [-0.1, -0.05) is 137 Å². The van der Waals surface area contributed by atoms with Crippen molar-refractivity contribution >= 4 is 73.0 Å². The second-order valence-electron chi connectivity index (χ2n) is 11.4. The Hall–Kier alpha value is -5.98. The molecular formula is C44H27BN2O2S. The molecule has 4 nitrogen and oxygen atoms in total. The van der Waals surface area contributed by atoms with Crippen molar-refractivity contribution in [2.24, 2.45) is 0 Å². The molecule has 1 aliphatic heterocycles. The van der Waals surface area contributed by atoms with Crippen LogP contribution in [0.2, 0.25) is 0 Å². The van der Waals surface area contributed by atoms with Gasteiger partial charge in [0, 0.05) is 32.9 Å². The first-order valence-corrected chi connectivity index (χ1v) is 15.8. The van der Waals surface area contributed by atoms with Gasteiger partial charge in [-0.2, -0.15) is 0 Å². The van der Waals surface area contributed by atoms with Gasteiger partial charge in [0.1, 0.15) is 0 Å². The van der Waals surface area contributed by atoms with Crippen molar-refractivity contribution in [2.45, 2.75) is 16.7 Å². The highest BCUT2D eigenvalue weighted by Crippen LogP contribution is 2.36. The van der Waals surface area contributed by atoms with Gasteiger partial charge in [0.15, 0.2) is 10.9 Å². The fourth-order valence-corrected chi connectivity index (χ4v) is 7.67. The molecule has 3 aromatic heterocycles. The van der Waals surface area contributed by atoms with Crippen molar-refractivity contribution in [3.8, 4) is 22.3 Å². The van der Waals surface area contributed by atoms with Crippen LogP contribution in [0.4, 0.5) is 0 Å². The van der Waals surface area contributed by atoms with Gasteiger partial charge in [0.2, 0.25) is 6.71 Å². The monoisotopic (exact) mass is 680 g/mol. The second-order valence-corrected chi connectivity index (χ2v) is 12.4. The Balaban J connectivity index is 1.55. The first-order chi connectivity index (χ1) is 33.7. The molecule has 1 aliphatic rings. The maximum absolute atomic E-state index is 15.3. The Kier molecular flexibility index (Phi) is 3.19. The molecule has 0 spiro atoms. The summed E-state index contributed by atoms with van der Waals surface area (Å²) in [5.74, 6) is 0. The smallest absolute Gasteiger partial charge is 0.245 e. The zero-order valence-corrected chi connectivity index (χ0v) is 26.2. The zero-order valence-electron chi connectivity index (χ0n) is 47.4. The van der Waals surface area contributed by atoms with Crippen LogP contribution in [-0.2, 0) is 0 Å². The molecule has 234 valence electrons. The van der Waals surface area contributed by atoms with Crippen molar-refractivity contribution in [3.63, 3.8) is 0 Å². The number of aromatic nitrogens is 2. The lowest BCUT2D eigenvalue weighted by atomic mass is 9.34. The summed E-state index contributed by atoms with van der Waals surface area (Å²) in [6.07, 6.45) is -1.77. The fraction of sp³-hybridized carbons (Fsp3) is 0.0227. The number of aryl methyl sites for hydroxylation is 1. The van der Waals surface area contributed by atoms with Crippen molar-refractivity contribution in [1.82, 2.24) is 9.38 Å². The van der Waals surface area contributed by atoms with Gasteiger partial charge in [-0.05, 0) is 58.9 Å². The van der Waals surface area contributed by atoms with E-state index in [0.29, 0.717) is 11.8 Å². The predicted molar refractivity (Wildman–Crippen MR) is 209 cm³/mol. The minimum atomic E-state index is -1.94. The van der Waals surface area contributed by atoms with Crippen molar-refractivity contribution < 1.29 is 30.2 Å². The Morgan fingerprint density at radius 2 is 1.22 bits per heavy atom. The fourth-order valence-electron chi connectivity index (χ4n) is 6.66. The molecule has 0 amide bonds. The minimum absolute atomic E-state index is 0.218. The van der Waals surface area contributed by atoms with Crippen LogP contribution in [0.3, 0.4) is 0 Å². The zero-order chi connectivity index (χ0) is 52.7. The molecule has 0 fully saturated rings. The Morgan fingerprint density at radius 1 is 0.620 bits per heavy atom. The van der Waals surface area contributed by atoms with Crippen LogP contribution in [0.1, 0.15) is 35.7 Å². The summed E-state index contributed by atoms with van der Waals surface area (Å²) in [7, 11) is 0. The molecule has 0 radical (unpaired) electrons. The van der Waals surface area contributed by atoms with Gasteiger partial charge in [-0.25, -0.2) is 0 Å². The van der Waals surface area contributed by atoms with E-state index in [4.69, 9.17) is 19.2 Å². The number of fused-ring (bicyclic) bond motifs is 6. The SMILES string of the molecule is [2H]c1c([2H])c([2H])c(-c2cc(C)cc(-c3c([2H])c([2H])c([2H])c([2H])c3[2H])c2B2c3c([2H])c([2H])c([2H])c([2H])c3Sc3c2c([2H])c2c(=O)c4c([2H])nc([2H])c5c(=O)c6c([2H])c([2H])c([2H])c([2H])c6n(c2c3[2H])c54)c([2H])c1[2H]. The minimum Gasteiger partial charge on any atom is -0.307 e. The molecule has 6 aromatic carbocycles. The maximum Gasteiger partial charge on any atom is 0.245 e. The molecule has 0 bridgehead atoms. The van der Waals surface area contributed by atoms with Gasteiger partial charge in [0.05, 0.1) is 57.5 Å². The lowest BCUT2D eigenvalue weighted by Gasteiger charge is -2.30. The third-order valence-electron chi connectivity index (χ3n) is 8.64. The number of para-hydroxylation sites is 1. The molecule has 0 saturated heterocycles. The molecule has 50 heavy (non-hydrogen) atoms. The van der Waals surface area contributed by atoms with Crippen LogP contribution in [0.5, 0.6) is 0 Å². The van der Waals surface area contributed by atoms with E-state index in [2.05, 4.69) is 4.98 Å². The van der Waals surface area contributed by atoms with E-state index in [9.17, 15) is 15.8 Å². The van der Waals surface area contributed by atoms with E-state index < -0.39 is 205 Å². The number of nitrogens with zero attached hydrogens (tertiary/aromatic N) is 2. The lowest BCUT2D eigenvalue weighted by Crippen LogP contribution is -2.56. The van der Waals surface area contributed by atoms with Crippen LogP contribution < -0.4 is 27.2 Å². The molecule has 4 heterocycles. The van der Waals surface area contributed by atoms with Gasteiger partial charge < -0.3 is 4.40 Å². The molecule has 9 aromatic rings. The molecule has 0 atom stereocenters. The van der Waals surface area contributed by atoms with Crippen LogP contribution in [0.25, 0.3) is 60.3 Å². The summed E-state index contributed by atoms with van der Waals surface area (Å²) in [5, 5.41) is -2.84. The maximum atomic E-state index is 15.3. The first-order valence-electron chi connectivity index (χ1n) is 26.0. The van der Waals surface area contributed by atoms with Crippen LogP contribution in [0.15, 0.2) is 165 Å². The molecule has 0 N–H and O–H groups in total. The van der Waals surface area contributed by atoms with Gasteiger partial charge in [-0.15, -0.1) is 0 Å². The topological polar surface area (TPSA) is 51.4 Å². The summed E-state index contributed by atoms with van der Waals surface area (Å²) < 4.78 is 199. The number of pyridine rings is 3. The Labute approximate surface area is 323 Å². The van der Waals surface area contributed by atoms with E-state index in [0.717, 1.165) is 4.40 Å². The normalized spacial score (nSPS) is 18.7. The van der Waals surface area contributed by atoms with E-state index >= 15 is 4.79 Å². The third-order valence-corrected chi connectivity index (χ3v) is 9.69. The van der Waals surface area contributed by atoms with Crippen LogP contribution >= 0.6 is 11.8 Å². The van der Waals surface area contributed by atoms with Gasteiger partial charge >= 0.3 is 0 Å². The molecular weight excluding hydrogens is 631 g/mol. The number of benzene rings is 6. The molecule has 6 heteroatoms. The average molecular weight is 681 g/mol. The highest BCUT2D eigenvalue weighted by atomic mass is 32.2. The first kappa shape index (κ1) is 14.5. The Morgan fingerprint density at radius 3 is 1.92 bits per heavy atom. The average Bonchev–Trinajstić information content (AvgIpc) is 3.33. The second kappa shape index (κ2) is 11.0. The van der Waals surface area contributed by atoms with E-state index in [1.807, 2.05) is 0 Å². The van der Waals surface area contributed by atoms with Gasteiger partial charge in [0.25, 0.3) is 0 Å². The summed E-state index contributed by atoms with van der Waals surface area (Å²) in [5.41, 5.74) is -6.74. The van der Waals surface area contributed by atoms with Crippen LogP contribution in [0, 0.1) is 6.92 Å². The molecule has 0 unspecified atom stereocenters. The summed E-state index contributed by atoms with van der Waals surface area (Å²) >= 11 is 0.531.